The maximum Gasteiger partial charge on any atom is 0.310 e. The van der Waals surface area contributed by atoms with E-state index >= 15 is 0 Å². The molecule has 0 aromatic heterocycles. The lowest BCUT2D eigenvalue weighted by atomic mass is 10.1. The molecule has 4 nitrogen and oxygen atoms in total. The lowest BCUT2D eigenvalue weighted by Gasteiger charge is -2.01. The molecule has 0 atom stereocenters. The minimum atomic E-state index is -0.927. The fourth-order valence-electron chi connectivity index (χ4n) is 1.03. The molecule has 0 fully saturated rings. The van der Waals surface area contributed by atoms with Crippen molar-refractivity contribution in [2.75, 3.05) is 0 Å². The van der Waals surface area contributed by atoms with E-state index < -0.39 is 16.4 Å². The summed E-state index contributed by atoms with van der Waals surface area (Å²) in [5.74, 6) is -0.927. The molecule has 6 heteroatoms. The summed E-state index contributed by atoms with van der Waals surface area (Å²) in [7, 11) is 0. The summed E-state index contributed by atoms with van der Waals surface area (Å²) in [6.07, 6.45) is -0.200. The summed E-state index contributed by atoms with van der Waals surface area (Å²) in [6, 6.07) is 4.08. The Morgan fingerprint density at radius 3 is 2.79 bits per heavy atom. The standard InChI is InChI=1S/C8H4BrFN2O2/c9-6-1-2-7(10)8(12(13)14)5(6)3-4-11/h1-2H,3H2. The highest BCUT2D eigenvalue weighted by Crippen LogP contribution is 2.29. The predicted octanol–water partition coefficient (Wildman–Crippen LogP) is 2.56. The van der Waals surface area contributed by atoms with Crippen molar-refractivity contribution in [2.24, 2.45) is 0 Å². The Morgan fingerprint density at radius 2 is 2.29 bits per heavy atom. The molecule has 0 aliphatic rings. The summed E-state index contributed by atoms with van der Waals surface area (Å²) in [5, 5.41) is 18.9. The van der Waals surface area contributed by atoms with Crippen LogP contribution in [-0.4, -0.2) is 4.92 Å². The molecule has 14 heavy (non-hydrogen) atoms. The van der Waals surface area contributed by atoms with Gasteiger partial charge in [0.1, 0.15) is 0 Å². The van der Waals surface area contributed by atoms with Crippen molar-refractivity contribution in [3.8, 4) is 6.07 Å². The van der Waals surface area contributed by atoms with Gasteiger partial charge in [-0.2, -0.15) is 9.65 Å². The number of nitro benzene ring substituents is 1. The van der Waals surface area contributed by atoms with Gasteiger partial charge in [-0.1, -0.05) is 15.9 Å². The van der Waals surface area contributed by atoms with Gasteiger partial charge in [-0.05, 0) is 12.1 Å². The summed E-state index contributed by atoms with van der Waals surface area (Å²) in [4.78, 5) is 9.68. The van der Waals surface area contributed by atoms with Crippen LogP contribution in [0.1, 0.15) is 5.56 Å². The Morgan fingerprint density at radius 1 is 1.64 bits per heavy atom. The maximum absolute atomic E-state index is 13.0. The quantitative estimate of drug-likeness (QED) is 0.605. The average molecular weight is 259 g/mol. The smallest absolute Gasteiger partial charge is 0.258 e. The number of rotatable bonds is 2. The first-order valence-electron chi connectivity index (χ1n) is 3.56. The molecule has 0 bridgehead atoms. The van der Waals surface area contributed by atoms with E-state index in [0.29, 0.717) is 4.47 Å². The first-order valence-corrected chi connectivity index (χ1v) is 4.35. The third kappa shape index (κ3) is 1.88. The van der Waals surface area contributed by atoms with E-state index in [4.69, 9.17) is 5.26 Å². The highest BCUT2D eigenvalue weighted by Gasteiger charge is 2.22. The lowest BCUT2D eigenvalue weighted by molar-refractivity contribution is -0.388. The van der Waals surface area contributed by atoms with E-state index in [1.165, 1.54) is 6.07 Å². The summed E-state index contributed by atoms with van der Waals surface area (Å²) in [6.45, 7) is 0. The molecule has 1 aromatic rings. The maximum atomic E-state index is 13.0. The van der Waals surface area contributed by atoms with E-state index in [0.717, 1.165) is 6.07 Å². The van der Waals surface area contributed by atoms with E-state index in [9.17, 15) is 14.5 Å². The lowest BCUT2D eigenvalue weighted by Crippen LogP contribution is -1.99. The molecule has 0 N–H and O–H groups in total. The number of halogens is 2. The molecule has 0 aliphatic carbocycles. The van der Waals surface area contributed by atoms with Crippen molar-refractivity contribution >= 4 is 21.6 Å². The van der Waals surface area contributed by atoms with E-state index in [1.807, 2.05) is 0 Å². The second-order valence-electron chi connectivity index (χ2n) is 2.45. The summed E-state index contributed by atoms with van der Waals surface area (Å²) >= 11 is 3.03. The summed E-state index contributed by atoms with van der Waals surface area (Å²) in [5.41, 5.74) is -0.571. The number of benzene rings is 1. The van der Waals surface area contributed by atoms with Crippen molar-refractivity contribution in [2.45, 2.75) is 6.42 Å². The molecule has 0 saturated carbocycles. The third-order valence-electron chi connectivity index (χ3n) is 1.61. The fraction of sp³-hybridized carbons (Fsp3) is 0.125. The number of nitro groups is 1. The van der Waals surface area contributed by atoms with Gasteiger partial charge in [0.2, 0.25) is 5.82 Å². The van der Waals surface area contributed by atoms with Crippen LogP contribution in [0.15, 0.2) is 16.6 Å². The molecular weight excluding hydrogens is 255 g/mol. The van der Waals surface area contributed by atoms with Crippen molar-refractivity contribution in [3.63, 3.8) is 0 Å². The monoisotopic (exact) mass is 258 g/mol. The first kappa shape index (κ1) is 10.6. The zero-order valence-electron chi connectivity index (χ0n) is 6.83. The van der Waals surface area contributed by atoms with E-state index in [-0.39, 0.29) is 12.0 Å². The SMILES string of the molecule is N#CCc1c(Br)ccc(F)c1[N+](=O)[O-]. The van der Waals surface area contributed by atoms with Gasteiger partial charge in [-0.15, -0.1) is 0 Å². The topological polar surface area (TPSA) is 66.9 Å². The van der Waals surface area contributed by atoms with Crippen LogP contribution in [0.5, 0.6) is 0 Å². The van der Waals surface area contributed by atoms with Crippen LogP contribution in [0.4, 0.5) is 10.1 Å². The van der Waals surface area contributed by atoms with Crippen LogP contribution in [0.3, 0.4) is 0 Å². The molecular formula is C8H4BrFN2O2. The van der Waals surface area contributed by atoms with Gasteiger partial charge in [0.15, 0.2) is 0 Å². The van der Waals surface area contributed by atoms with Crippen molar-refractivity contribution < 1.29 is 9.31 Å². The van der Waals surface area contributed by atoms with E-state index in [1.54, 1.807) is 6.07 Å². The normalized spacial score (nSPS) is 9.50. The number of nitriles is 1. The molecule has 1 rings (SSSR count). The Labute approximate surface area is 87.2 Å². The molecule has 72 valence electrons. The van der Waals surface area contributed by atoms with Gasteiger partial charge in [0.25, 0.3) is 0 Å². The molecule has 0 amide bonds. The van der Waals surface area contributed by atoms with Gasteiger partial charge < -0.3 is 0 Å². The van der Waals surface area contributed by atoms with Gasteiger partial charge in [-0.3, -0.25) is 10.1 Å². The average Bonchev–Trinajstić information content (AvgIpc) is 2.11. The first-order chi connectivity index (χ1) is 6.57. The Balaban J connectivity index is 3.43. The van der Waals surface area contributed by atoms with Crippen LogP contribution >= 0.6 is 15.9 Å². The molecule has 1 aromatic carbocycles. The molecule has 0 spiro atoms. The van der Waals surface area contributed by atoms with Crippen LogP contribution in [-0.2, 0) is 6.42 Å². The van der Waals surface area contributed by atoms with Gasteiger partial charge in [-0.25, -0.2) is 0 Å². The Bertz CT molecular complexity index is 428. The third-order valence-corrected chi connectivity index (χ3v) is 2.36. The minimum absolute atomic E-state index is 0.0671. The van der Waals surface area contributed by atoms with Crippen LogP contribution < -0.4 is 0 Å². The Kier molecular flexibility index (Phi) is 3.14. The highest BCUT2D eigenvalue weighted by atomic mass is 79.9. The second-order valence-corrected chi connectivity index (χ2v) is 3.30. The zero-order valence-corrected chi connectivity index (χ0v) is 8.41. The zero-order chi connectivity index (χ0) is 10.7. The van der Waals surface area contributed by atoms with Crippen molar-refractivity contribution in [1.29, 1.82) is 5.26 Å². The van der Waals surface area contributed by atoms with Crippen LogP contribution in [0.2, 0.25) is 0 Å². The molecule has 0 heterocycles. The number of nitrogens with zero attached hydrogens (tertiary/aromatic N) is 2. The highest BCUT2D eigenvalue weighted by molar-refractivity contribution is 9.10. The van der Waals surface area contributed by atoms with Crippen LogP contribution in [0.25, 0.3) is 0 Å². The molecule has 0 radical (unpaired) electrons. The van der Waals surface area contributed by atoms with Gasteiger partial charge in [0, 0.05) is 4.47 Å². The van der Waals surface area contributed by atoms with Crippen LogP contribution in [0, 0.1) is 27.3 Å². The van der Waals surface area contributed by atoms with Gasteiger partial charge in [0.05, 0.1) is 23.0 Å². The predicted molar refractivity (Wildman–Crippen MR) is 50.1 cm³/mol. The number of hydrogen-bond acceptors (Lipinski definition) is 3. The minimum Gasteiger partial charge on any atom is -0.258 e. The number of hydrogen-bond donors (Lipinski definition) is 0. The fourth-order valence-corrected chi connectivity index (χ4v) is 1.49. The second kappa shape index (κ2) is 4.15. The largest absolute Gasteiger partial charge is 0.310 e. The van der Waals surface area contributed by atoms with Gasteiger partial charge >= 0.3 is 5.69 Å². The molecule has 0 unspecified atom stereocenters. The Hall–Kier alpha value is -1.48. The summed E-state index contributed by atoms with van der Waals surface area (Å²) < 4.78 is 13.4. The van der Waals surface area contributed by atoms with Crippen molar-refractivity contribution in [1.82, 2.24) is 0 Å². The van der Waals surface area contributed by atoms with E-state index in [2.05, 4.69) is 15.9 Å². The molecule has 0 saturated heterocycles. The molecule has 0 aliphatic heterocycles. The van der Waals surface area contributed by atoms with Crippen molar-refractivity contribution in [3.05, 3.63) is 38.1 Å².